The molecule has 1 unspecified atom stereocenters. The van der Waals surface area contributed by atoms with Gasteiger partial charge in [0, 0.05) is 30.5 Å². The summed E-state index contributed by atoms with van der Waals surface area (Å²) >= 11 is 7.69. The van der Waals surface area contributed by atoms with Gasteiger partial charge in [-0.2, -0.15) is 0 Å². The van der Waals surface area contributed by atoms with Crippen LogP contribution in [-0.4, -0.2) is 35.6 Å². The molecule has 6 heteroatoms. The summed E-state index contributed by atoms with van der Waals surface area (Å²) < 4.78 is 5.09. The Morgan fingerprint density at radius 1 is 1.47 bits per heavy atom. The summed E-state index contributed by atoms with van der Waals surface area (Å²) in [5.74, 6) is 1.39. The minimum Gasteiger partial charge on any atom is -0.385 e. The molecule has 0 aromatic carbocycles. The van der Waals surface area contributed by atoms with E-state index in [4.69, 9.17) is 16.3 Å². The normalized spacial score (nSPS) is 12.8. The third-order valence-electron chi connectivity index (χ3n) is 2.93. The van der Waals surface area contributed by atoms with Gasteiger partial charge in [0.15, 0.2) is 0 Å². The smallest absolute Gasteiger partial charge is 0.138 e. The Morgan fingerprint density at radius 3 is 3.00 bits per heavy atom. The van der Waals surface area contributed by atoms with E-state index in [9.17, 15) is 0 Å². The number of halogens is 1. The third kappa shape index (κ3) is 3.55. The lowest BCUT2D eigenvalue weighted by molar-refractivity contribution is 0.191. The molecule has 104 valence electrons. The molecule has 0 aliphatic rings. The second kappa shape index (κ2) is 7.03. The second-order valence-corrected chi connectivity index (χ2v) is 5.71. The monoisotopic (exact) mass is 299 g/mol. The van der Waals surface area contributed by atoms with Gasteiger partial charge in [-0.15, -0.1) is 22.9 Å². The van der Waals surface area contributed by atoms with Gasteiger partial charge in [-0.3, -0.25) is 0 Å². The maximum atomic E-state index is 5.98. The number of nitrogens with zero attached hydrogens (tertiary/aromatic N) is 2. The highest BCUT2D eigenvalue weighted by Crippen LogP contribution is 2.28. The van der Waals surface area contributed by atoms with Gasteiger partial charge in [-0.25, -0.2) is 9.97 Å². The van der Waals surface area contributed by atoms with Crippen LogP contribution >= 0.6 is 22.9 Å². The van der Waals surface area contributed by atoms with E-state index >= 15 is 0 Å². The maximum Gasteiger partial charge on any atom is 0.138 e. The highest BCUT2D eigenvalue weighted by molar-refractivity contribution is 7.18. The van der Waals surface area contributed by atoms with Crippen LogP contribution < -0.4 is 5.32 Å². The van der Waals surface area contributed by atoms with Gasteiger partial charge in [-0.05, 0) is 18.9 Å². The predicted molar refractivity (Wildman–Crippen MR) is 81.4 cm³/mol. The summed E-state index contributed by atoms with van der Waals surface area (Å²) in [7, 11) is 1.70. The van der Waals surface area contributed by atoms with Gasteiger partial charge in [-0.1, -0.05) is 6.92 Å². The predicted octanol–water partition coefficient (Wildman–Crippen LogP) is 3.31. The number of rotatable bonds is 7. The van der Waals surface area contributed by atoms with Crippen LogP contribution in [0.1, 0.15) is 18.2 Å². The van der Waals surface area contributed by atoms with Crippen molar-refractivity contribution in [3.05, 3.63) is 17.3 Å². The lowest BCUT2D eigenvalue weighted by atomic mass is 10.2. The molecule has 0 saturated heterocycles. The summed E-state index contributed by atoms with van der Waals surface area (Å²) in [5.41, 5.74) is 0. The van der Waals surface area contributed by atoms with Crippen molar-refractivity contribution in [3.63, 3.8) is 0 Å². The van der Waals surface area contributed by atoms with Crippen molar-refractivity contribution in [1.29, 1.82) is 0 Å². The average Bonchev–Trinajstić information content (AvgIpc) is 2.87. The van der Waals surface area contributed by atoms with E-state index in [0.29, 0.717) is 12.5 Å². The standard InChI is InChI=1S/C13H18ClN3OS/c1-3-10-6-11-12(15-8-16-13(11)19-10)17-9(7-14)4-5-18-2/h6,8-9H,3-5,7H2,1-2H3,(H,15,16,17). The number of thiophene rings is 1. The molecular formula is C13H18ClN3OS. The zero-order valence-corrected chi connectivity index (χ0v) is 12.7. The van der Waals surface area contributed by atoms with Crippen molar-refractivity contribution < 1.29 is 4.74 Å². The first-order valence-electron chi connectivity index (χ1n) is 6.33. The number of hydrogen-bond acceptors (Lipinski definition) is 5. The molecule has 2 rings (SSSR count). The third-order valence-corrected chi connectivity index (χ3v) is 4.49. The molecule has 2 heterocycles. The Balaban J connectivity index is 2.21. The molecule has 0 aliphatic carbocycles. The summed E-state index contributed by atoms with van der Waals surface area (Å²) in [5, 5.41) is 4.47. The van der Waals surface area contributed by atoms with Crippen LogP contribution in [0.4, 0.5) is 5.82 Å². The van der Waals surface area contributed by atoms with Crippen molar-refractivity contribution in [2.24, 2.45) is 0 Å². The molecule has 4 nitrogen and oxygen atoms in total. The summed E-state index contributed by atoms with van der Waals surface area (Å²) in [4.78, 5) is 11.0. The summed E-state index contributed by atoms with van der Waals surface area (Å²) in [6.45, 7) is 2.83. The number of aryl methyl sites for hydroxylation is 1. The van der Waals surface area contributed by atoms with E-state index in [2.05, 4.69) is 28.3 Å². The Bertz CT molecular complexity index is 532. The van der Waals surface area contributed by atoms with Gasteiger partial charge < -0.3 is 10.1 Å². The van der Waals surface area contributed by atoms with Crippen LogP contribution in [0.25, 0.3) is 10.2 Å². The minimum atomic E-state index is 0.157. The van der Waals surface area contributed by atoms with Crippen LogP contribution in [0, 0.1) is 0 Å². The average molecular weight is 300 g/mol. The topological polar surface area (TPSA) is 47.0 Å². The summed E-state index contributed by atoms with van der Waals surface area (Å²) in [6, 6.07) is 2.31. The molecule has 0 amide bonds. The molecule has 0 fully saturated rings. The second-order valence-electron chi connectivity index (χ2n) is 4.28. The van der Waals surface area contributed by atoms with E-state index in [1.807, 2.05) is 0 Å². The maximum absolute atomic E-state index is 5.98. The molecule has 19 heavy (non-hydrogen) atoms. The Hall–Kier alpha value is -0.910. The minimum absolute atomic E-state index is 0.157. The molecule has 0 bridgehead atoms. The first-order valence-corrected chi connectivity index (χ1v) is 7.68. The molecule has 1 N–H and O–H groups in total. The molecule has 2 aromatic rings. The molecule has 2 aromatic heterocycles. The first-order chi connectivity index (χ1) is 9.28. The Morgan fingerprint density at radius 2 is 2.32 bits per heavy atom. The number of nitrogens with one attached hydrogen (secondary N) is 1. The van der Waals surface area contributed by atoms with Crippen molar-refractivity contribution >= 4 is 39.0 Å². The number of hydrogen-bond donors (Lipinski definition) is 1. The number of methoxy groups -OCH3 is 1. The van der Waals surface area contributed by atoms with Gasteiger partial charge >= 0.3 is 0 Å². The van der Waals surface area contributed by atoms with E-state index in [1.54, 1.807) is 24.8 Å². The SMILES string of the molecule is CCc1cc2c(NC(CCl)CCOC)ncnc2s1. The van der Waals surface area contributed by atoms with E-state index in [0.717, 1.165) is 28.9 Å². The van der Waals surface area contributed by atoms with Gasteiger partial charge in [0.05, 0.1) is 5.39 Å². The van der Waals surface area contributed by atoms with Crippen molar-refractivity contribution in [2.75, 3.05) is 24.9 Å². The molecule has 0 saturated carbocycles. The number of fused-ring (bicyclic) bond motifs is 1. The van der Waals surface area contributed by atoms with Crippen LogP contribution in [0.2, 0.25) is 0 Å². The lowest BCUT2D eigenvalue weighted by Crippen LogP contribution is -2.23. The molecular weight excluding hydrogens is 282 g/mol. The quantitative estimate of drug-likeness (QED) is 0.797. The Labute approximate surface area is 122 Å². The van der Waals surface area contributed by atoms with Crippen LogP contribution in [0.5, 0.6) is 0 Å². The molecule has 0 spiro atoms. The van der Waals surface area contributed by atoms with Crippen LogP contribution in [0.15, 0.2) is 12.4 Å². The summed E-state index contributed by atoms with van der Waals surface area (Å²) in [6.07, 6.45) is 3.47. The van der Waals surface area contributed by atoms with E-state index in [1.165, 1.54) is 4.88 Å². The number of aromatic nitrogens is 2. The first kappa shape index (κ1) is 14.5. The number of anilines is 1. The molecule has 1 atom stereocenters. The van der Waals surface area contributed by atoms with Gasteiger partial charge in [0.1, 0.15) is 17.0 Å². The van der Waals surface area contributed by atoms with Gasteiger partial charge in [0.2, 0.25) is 0 Å². The van der Waals surface area contributed by atoms with Gasteiger partial charge in [0.25, 0.3) is 0 Å². The zero-order chi connectivity index (χ0) is 13.7. The fourth-order valence-electron chi connectivity index (χ4n) is 1.84. The van der Waals surface area contributed by atoms with Crippen LogP contribution in [-0.2, 0) is 11.2 Å². The Kier molecular flexibility index (Phi) is 5.36. The number of ether oxygens (including phenoxy) is 1. The molecule has 0 radical (unpaired) electrons. The largest absolute Gasteiger partial charge is 0.385 e. The van der Waals surface area contributed by atoms with Crippen LogP contribution in [0.3, 0.4) is 0 Å². The zero-order valence-electron chi connectivity index (χ0n) is 11.1. The highest BCUT2D eigenvalue weighted by atomic mass is 35.5. The van der Waals surface area contributed by atoms with E-state index < -0.39 is 0 Å². The van der Waals surface area contributed by atoms with Crippen molar-refractivity contribution in [1.82, 2.24) is 9.97 Å². The highest BCUT2D eigenvalue weighted by Gasteiger charge is 2.12. The fraction of sp³-hybridized carbons (Fsp3) is 0.538. The molecule has 0 aliphatic heterocycles. The van der Waals surface area contributed by atoms with E-state index in [-0.39, 0.29) is 6.04 Å². The lowest BCUT2D eigenvalue weighted by Gasteiger charge is -2.16. The van der Waals surface area contributed by atoms with Crippen molar-refractivity contribution in [3.8, 4) is 0 Å². The number of alkyl halides is 1. The fourth-order valence-corrected chi connectivity index (χ4v) is 3.00. The van der Waals surface area contributed by atoms with Crippen molar-refractivity contribution in [2.45, 2.75) is 25.8 Å².